The number of rotatable bonds is 16. The number of carbonyl (C=O) groups is 6. The van der Waals surface area contributed by atoms with Gasteiger partial charge in [0, 0.05) is 77.1 Å². The van der Waals surface area contributed by atoms with E-state index in [2.05, 4.69) is 45.9 Å². The Morgan fingerprint density at radius 2 is 1.15 bits per heavy atom. The van der Waals surface area contributed by atoms with Gasteiger partial charge in [-0.15, -0.1) is 0 Å². The number of Topliss-reactive ketones (excluding diaryl/α,β-unsaturated/α-hetero) is 4. The molecule has 7 aliphatic carbocycles. The molecular formula is C78H96O17. The summed E-state index contributed by atoms with van der Waals surface area (Å²) in [5.41, 5.74) is -1.35. The SMILES string of the molecule is CC(C)=CCCC1(C)C=CC2C(=O)C3=C(O)C4=CC5CC6C(C)(C)OC(C/C=C(/C)C(=O)O)(C5=O)C46OC3=C(CC=C(C)C)C2O1.CO.COC(=O)/C(C)=C\CC12OC(C)(C)C3CC(C=C4C(=O)c5c(O)c6c(c(CC=C(C)C)c5OC431)OC(C)(CCC=C(C)C)C=C6)C2=O. The Morgan fingerprint density at radius 1 is 0.632 bits per heavy atom. The zero-order valence-electron chi connectivity index (χ0n) is 58.6. The Balaban J connectivity index is 0.000000202. The van der Waals surface area contributed by atoms with Gasteiger partial charge in [0.1, 0.15) is 45.5 Å². The van der Waals surface area contributed by atoms with E-state index in [-0.39, 0.29) is 87.5 Å². The average Bonchev–Trinajstić information content (AvgIpc) is 1.55. The van der Waals surface area contributed by atoms with Crippen LogP contribution in [0.2, 0.25) is 0 Å². The van der Waals surface area contributed by atoms with Crippen molar-refractivity contribution < 1.29 is 82.4 Å². The number of aliphatic hydroxyl groups is 2. The standard InChI is InChI=1S/C39H46O8.C38H46O8.CH4O/c1-21(2)11-10-16-37(8)17-15-25-30(40)29-31(41)27-19-24-20-28-36(6,7)47-38(34(24)42,18-14-23(5)35(43)44-9)39(27,28)46-33(29)26(32(25)45-37)13-12-22(3)4;1-20(2)10-9-15-36(8)16-14-24-29(39)28-30(40)26-18-23-19-27-35(6,7)46-37(33(23)41,17-13-22(5)34(42)43)38(26,27)45-32(28)25(31(24)44-36)12-11-21(3)4;1-2/h11-12,14-15,17,19,24,28,40H,10,13,16,18,20H2,1-9H3;10-11,13-14,16,18,23-24,27,31,40H,9,12,15,17,19H2,1-8H3,(H,42,43);2H,1H3/b23-14-;22-13-;. The summed E-state index contributed by atoms with van der Waals surface area (Å²) in [5.74, 6) is -4.54. The number of ketones is 4. The van der Waals surface area contributed by atoms with Crippen molar-refractivity contribution in [3.63, 3.8) is 0 Å². The van der Waals surface area contributed by atoms with Crippen LogP contribution in [-0.2, 0) is 54.1 Å². The number of phenolic OH excluding ortho intramolecular Hbond substituents is 1. The van der Waals surface area contributed by atoms with Gasteiger partial charge in [0.05, 0.1) is 41.5 Å². The quantitative estimate of drug-likeness (QED) is 0.0682. The number of phenols is 1. The first-order chi connectivity index (χ1) is 44.5. The van der Waals surface area contributed by atoms with E-state index >= 15 is 0 Å². The molecule has 12 atom stereocenters. The number of benzene rings is 1. The highest BCUT2D eigenvalue weighted by Crippen LogP contribution is 2.71. The number of carboxylic acids is 1. The lowest BCUT2D eigenvalue weighted by atomic mass is 9.51. The highest BCUT2D eigenvalue weighted by Gasteiger charge is 2.83. The molecule has 14 rings (SSSR count). The summed E-state index contributed by atoms with van der Waals surface area (Å²) in [6.45, 7) is 31.1. The Labute approximate surface area is 558 Å². The fraction of sp³-hybridized carbons (Fsp3) is 0.538. The van der Waals surface area contributed by atoms with Gasteiger partial charge in [0.15, 0.2) is 45.5 Å². The predicted octanol–water partition coefficient (Wildman–Crippen LogP) is 13.9. The second-order valence-electron chi connectivity index (χ2n) is 30.0. The molecule has 1 aromatic carbocycles. The molecule has 12 unspecified atom stereocenters. The molecule has 8 bridgehead atoms. The van der Waals surface area contributed by atoms with Gasteiger partial charge in [0.2, 0.25) is 0 Å². The number of aromatic hydroxyl groups is 1. The van der Waals surface area contributed by atoms with Crippen LogP contribution in [-0.4, -0.2) is 121 Å². The third-order valence-electron chi connectivity index (χ3n) is 21.5. The van der Waals surface area contributed by atoms with E-state index in [0.29, 0.717) is 65.7 Å². The largest absolute Gasteiger partial charge is 0.507 e. The summed E-state index contributed by atoms with van der Waals surface area (Å²) in [5, 5.41) is 40.6. The van der Waals surface area contributed by atoms with Crippen LogP contribution in [0.25, 0.3) is 6.08 Å². The highest BCUT2D eigenvalue weighted by molar-refractivity contribution is 6.19. The van der Waals surface area contributed by atoms with E-state index < -0.39 is 80.6 Å². The molecule has 510 valence electrons. The van der Waals surface area contributed by atoms with Crippen molar-refractivity contribution in [3.8, 4) is 17.2 Å². The van der Waals surface area contributed by atoms with Crippen molar-refractivity contribution in [3.05, 3.63) is 151 Å². The van der Waals surface area contributed by atoms with Crippen LogP contribution in [0.3, 0.4) is 0 Å². The van der Waals surface area contributed by atoms with Crippen LogP contribution >= 0.6 is 0 Å². The molecule has 17 heteroatoms. The highest BCUT2D eigenvalue weighted by atomic mass is 16.6. The van der Waals surface area contributed by atoms with Gasteiger partial charge in [-0.25, -0.2) is 9.59 Å². The van der Waals surface area contributed by atoms with E-state index in [1.54, 1.807) is 25.2 Å². The van der Waals surface area contributed by atoms with Gasteiger partial charge in [-0.3, -0.25) is 19.2 Å². The molecule has 6 aliphatic heterocycles. The van der Waals surface area contributed by atoms with Crippen molar-refractivity contribution >= 4 is 41.1 Å². The van der Waals surface area contributed by atoms with Crippen molar-refractivity contribution in [1.29, 1.82) is 0 Å². The van der Waals surface area contributed by atoms with Crippen molar-refractivity contribution in [2.24, 2.45) is 29.6 Å². The number of allylic oxidation sites excluding steroid dienone is 11. The number of aliphatic carboxylic acids is 1. The molecule has 4 N–H and O–H groups in total. The lowest BCUT2D eigenvalue weighted by Gasteiger charge is -2.57. The van der Waals surface area contributed by atoms with Gasteiger partial charge < -0.3 is 53.6 Å². The second kappa shape index (κ2) is 24.9. The summed E-state index contributed by atoms with van der Waals surface area (Å²) >= 11 is 0. The minimum atomic E-state index is -1.59. The summed E-state index contributed by atoms with van der Waals surface area (Å²) < 4.78 is 46.4. The second-order valence-corrected chi connectivity index (χ2v) is 30.0. The number of esters is 1. The lowest BCUT2D eigenvalue weighted by molar-refractivity contribution is -0.182. The Kier molecular flexibility index (Phi) is 18.4. The number of aliphatic hydroxyl groups excluding tert-OH is 2. The van der Waals surface area contributed by atoms with Crippen LogP contribution in [0.15, 0.2) is 134 Å². The Morgan fingerprint density at radius 3 is 1.68 bits per heavy atom. The monoisotopic (exact) mass is 1300 g/mol. The molecule has 0 amide bonds. The van der Waals surface area contributed by atoms with Gasteiger partial charge in [-0.05, 0) is 174 Å². The Bertz CT molecular complexity index is 3880. The fourth-order valence-corrected chi connectivity index (χ4v) is 16.9. The molecular weight excluding hydrogens is 1210 g/mol. The molecule has 2 saturated heterocycles. The predicted molar refractivity (Wildman–Crippen MR) is 359 cm³/mol. The van der Waals surface area contributed by atoms with E-state index in [4.69, 9.17) is 38.3 Å². The third kappa shape index (κ3) is 11.1. The fourth-order valence-electron chi connectivity index (χ4n) is 16.9. The number of ether oxygens (including phenoxy) is 7. The first-order valence-electron chi connectivity index (χ1n) is 33.4. The van der Waals surface area contributed by atoms with E-state index in [1.165, 1.54) is 31.3 Å². The topological polar surface area (TPSA) is 248 Å². The van der Waals surface area contributed by atoms with Crippen LogP contribution in [0.5, 0.6) is 17.2 Å². The zero-order valence-corrected chi connectivity index (χ0v) is 58.6. The van der Waals surface area contributed by atoms with Gasteiger partial charge >= 0.3 is 11.9 Å². The molecule has 0 aromatic heterocycles. The maximum absolute atomic E-state index is 14.8. The molecule has 0 radical (unpaired) electrons. The molecule has 17 nitrogen and oxygen atoms in total. The number of methoxy groups -OCH3 is 1. The maximum atomic E-state index is 14.8. The summed E-state index contributed by atoms with van der Waals surface area (Å²) in [6, 6.07) is 0. The van der Waals surface area contributed by atoms with Crippen LogP contribution in [0.4, 0.5) is 0 Å². The smallest absolute Gasteiger partial charge is 0.333 e. The number of carbonyl (C=O) groups excluding carboxylic acids is 5. The summed E-state index contributed by atoms with van der Waals surface area (Å²) in [6.07, 6.45) is 26.9. The van der Waals surface area contributed by atoms with Gasteiger partial charge in [-0.2, -0.15) is 0 Å². The molecule has 2 spiro atoms. The third-order valence-corrected chi connectivity index (χ3v) is 21.5. The molecule has 13 aliphatic rings. The molecule has 4 fully saturated rings. The molecule has 2 saturated carbocycles. The average molecular weight is 1310 g/mol. The number of hydrogen-bond acceptors (Lipinski definition) is 16. The van der Waals surface area contributed by atoms with E-state index in [0.717, 1.165) is 43.1 Å². The minimum absolute atomic E-state index is 0.0189. The number of hydrogen-bond donors (Lipinski definition) is 4. The first-order valence-corrected chi connectivity index (χ1v) is 33.4. The van der Waals surface area contributed by atoms with Crippen LogP contribution in [0.1, 0.15) is 190 Å². The van der Waals surface area contributed by atoms with E-state index in [9.17, 15) is 44.1 Å². The van der Waals surface area contributed by atoms with E-state index in [1.807, 2.05) is 99.6 Å². The minimum Gasteiger partial charge on any atom is -0.507 e. The molecule has 1 aromatic rings. The molecule has 95 heavy (non-hydrogen) atoms. The first kappa shape index (κ1) is 70.4. The van der Waals surface area contributed by atoms with Crippen molar-refractivity contribution in [1.82, 2.24) is 0 Å². The number of carboxylic acid groups (broad SMARTS) is 1. The van der Waals surface area contributed by atoms with Gasteiger partial charge in [-0.1, -0.05) is 83.1 Å². The van der Waals surface area contributed by atoms with Crippen molar-refractivity contribution in [2.45, 2.75) is 226 Å². The Hall–Kier alpha value is -7.44. The van der Waals surface area contributed by atoms with Crippen LogP contribution < -0.4 is 9.47 Å². The summed E-state index contributed by atoms with van der Waals surface area (Å²) in [4.78, 5) is 82.0. The zero-order chi connectivity index (χ0) is 69.8. The van der Waals surface area contributed by atoms with Crippen molar-refractivity contribution in [2.75, 3.05) is 14.2 Å². The normalized spacial score (nSPS) is 33.1. The molecule has 6 heterocycles. The maximum Gasteiger partial charge on any atom is 0.333 e. The van der Waals surface area contributed by atoms with Gasteiger partial charge in [0.25, 0.3) is 0 Å². The number of fused-ring (bicyclic) bond motifs is 4. The summed E-state index contributed by atoms with van der Waals surface area (Å²) in [7, 11) is 2.31. The van der Waals surface area contributed by atoms with Crippen LogP contribution in [0, 0.1) is 29.6 Å². The lowest BCUT2D eigenvalue weighted by Crippen LogP contribution is -2.72.